The fourth-order valence-corrected chi connectivity index (χ4v) is 8.05. The molecule has 0 radical (unpaired) electrons. The molecule has 0 bridgehead atoms. The third kappa shape index (κ3) is 4.94. The van der Waals surface area contributed by atoms with Gasteiger partial charge in [-0.05, 0) is 69.9 Å². The monoisotopic (exact) mass is 692 g/mol. The molecule has 3 heterocycles. The van der Waals surface area contributed by atoms with Gasteiger partial charge in [0.05, 0.1) is 11.0 Å². The first-order valence-corrected chi connectivity index (χ1v) is 18.3. The number of aromatic nitrogens is 1. The zero-order chi connectivity index (χ0) is 35.6. The molecule has 54 heavy (non-hydrogen) atoms. The fourth-order valence-electron chi connectivity index (χ4n) is 8.05. The van der Waals surface area contributed by atoms with Crippen LogP contribution in [0.5, 0.6) is 0 Å². The van der Waals surface area contributed by atoms with Crippen LogP contribution in [0.3, 0.4) is 0 Å². The number of nitrogens with one attached hydrogen (secondary N) is 1. The third-order valence-electron chi connectivity index (χ3n) is 10.6. The number of rotatable bonds is 5. The van der Waals surface area contributed by atoms with Crippen molar-refractivity contribution in [2.45, 2.75) is 6.17 Å². The molecule has 1 unspecified atom stereocenters. The van der Waals surface area contributed by atoms with Gasteiger partial charge in [0.25, 0.3) is 0 Å². The minimum atomic E-state index is -0.269. The lowest BCUT2D eigenvalue weighted by Gasteiger charge is -2.23. The summed E-state index contributed by atoms with van der Waals surface area (Å²) in [6.45, 7) is 0. The van der Waals surface area contributed by atoms with Crippen molar-refractivity contribution in [2.75, 3.05) is 0 Å². The van der Waals surface area contributed by atoms with E-state index in [-0.39, 0.29) is 6.17 Å². The van der Waals surface area contributed by atoms with Gasteiger partial charge >= 0.3 is 0 Å². The molecule has 0 amide bonds. The van der Waals surface area contributed by atoms with Crippen LogP contribution >= 0.6 is 0 Å². The van der Waals surface area contributed by atoms with E-state index in [1.54, 1.807) is 0 Å². The second kappa shape index (κ2) is 12.2. The molecule has 0 saturated heterocycles. The molecule has 254 valence electrons. The van der Waals surface area contributed by atoms with E-state index >= 15 is 0 Å². The van der Waals surface area contributed by atoms with Gasteiger partial charge in [0.2, 0.25) is 0 Å². The maximum absolute atomic E-state index is 6.68. The zero-order valence-electron chi connectivity index (χ0n) is 29.1. The summed E-state index contributed by atoms with van der Waals surface area (Å²) in [6, 6.07) is 64.0. The van der Waals surface area contributed by atoms with Crippen LogP contribution in [0.4, 0.5) is 0 Å². The average molecular weight is 693 g/mol. The van der Waals surface area contributed by atoms with Gasteiger partial charge in [0.15, 0.2) is 5.84 Å². The Balaban J connectivity index is 1.05. The van der Waals surface area contributed by atoms with Crippen molar-refractivity contribution in [3.05, 3.63) is 199 Å². The normalized spacial score (nSPS) is 14.5. The van der Waals surface area contributed by atoms with E-state index in [4.69, 9.17) is 14.4 Å². The van der Waals surface area contributed by atoms with Crippen LogP contribution < -0.4 is 5.32 Å². The summed E-state index contributed by atoms with van der Waals surface area (Å²) in [6.07, 6.45) is -0.269. The van der Waals surface area contributed by atoms with Gasteiger partial charge in [-0.2, -0.15) is 0 Å². The van der Waals surface area contributed by atoms with Crippen LogP contribution in [-0.4, -0.2) is 16.2 Å². The Hall–Kier alpha value is -7.24. The molecule has 0 fully saturated rings. The Morgan fingerprint density at radius 2 is 1.15 bits per heavy atom. The van der Waals surface area contributed by atoms with Gasteiger partial charge in [0.1, 0.15) is 23.2 Å². The van der Waals surface area contributed by atoms with E-state index in [9.17, 15) is 0 Å². The summed E-state index contributed by atoms with van der Waals surface area (Å²) in [5.74, 6) is 1.45. The molecule has 0 aliphatic carbocycles. The highest BCUT2D eigenvalue weighted by molar-refractivity contribution is 6.22. The highest BCUT2D eigenvalue weighted by Crippen LogP contribution is 2.40. The molecule has 1 aliphatic rings. The lowest BCUT2D eigenvalue weighted by atomic mass is 10.0. The van der Waals surface area contributed by atoms with Crippen molar-refractivity contribution >= 4 is 66.2 Å². The smallest absolute Gasteiger partial charge is 0.159 e. The second-order valence-electron chi connectivity index (χ2n) is 13.8. The zero-order valence-corrected chi connectivity index (χ0v) is 29.1. The number of hydrogen-bond acceptors (Lipinski definition) is 4. The Kier molecular flexibility index (Phi) is 6.85. The Morgan fingerprint density at radius 3 is 1.96 bits per heavy atom. The summed E-state index contributed by atoms with van der Waals surface area (Å²) < 4.78 is 9.06. The average Bonchev–Trinajstić information content (AvgIpc) is 3.79. The molecular weight excluding hydrogens is 661 g/mol. The van der Waals surface area contributed by atoms with E-state index in [2.05, 4.69) is 155 Å². The third-order valence-corrected chi connectivity index (χ3v) is 10.6. The molecule has 8 aromatic carbocycles. The highest BCUT2D eigenvalue weighted by Gasteiger charge is 2.22. The number of fused-ring (bicyclic) bond motifs is 8. The van der Waals surface area contributed by atoms with Crippen LogP contribution in [0.2, 0.25) is 0 Å². The van der Waals surface area contributed by atoms with Crippen molar-refractivity contribution < 1.29 is 4.42 Å². The van der Waals surface area contributed by atoms with Gasteiger partial charge in [-0.3, -0.25) is 0 Å². The van der Waals surface area contributed by atoms with Crippen molar-refractivity contribution in [1.82, 2.24) is 9.88 Å². The maximum Gasteiger partial charge on any atom is 0.159 e. The van der Waals surface area contributed by atoms with E-state index in [0.717, 1.165) is 61.2 Å². The Morgan fingerprint density at radius 1 is 0.481 bits per heavy atom. The predicted molar refractivity (Wildman–Crippen MR) is 223 cm³/mol. The first kappa shape index (κ1) is 30.4. The van der Waals surface area contributed by atoms with Crippen molar-refractivity contribution in [3.63, 3.8) is 0 Å². The largest absolute Gasteiger partial charge is 0.456 e. The van der Waals surface area contributed by atoms with Crippen molar-refractivity contribution in [3.8, 4) is 16.8 Å². The molecule has 0 saturated carbocycles. The number of hydrogen-bond donors (Lipinski definition) is 1. The minimum absolute atomic E-state index is 0.269. The topological polar surface area (TPSA) is 54.8 Å². The van der Waals surface area contributed by atoms with Crippen molar-refractivity contribution in [2.24, 2.45) is 9.98 Å². The Bertz CT molecular complexity index is 3120. The van der Waals surface area contributed by atoms with E-state index < -0.39 is 0 Å². The predicted octanol–water partition coefficient (Wildman–Crippen LogP) is 12.0. The molecule has 11 rings (SSSR count). The fraction of sp³-hybridized carbons (Fsp3) is 0.0204. The number of furan rings is 1. The number of benzene rings is 8. The maximum atomic E-state index is 6.68. The van der Waals surface area contributed by atoms with E-state index in [0.29, 0.717) is 5.84 Å². The summed E-state index contributed by atoms with van der Waals surface area (Å²) in [4.78, 5) is 10.1. The molecule has 5 heteroatoms. The SMILES string of the molecule is c1ccc(C2=NC(c3ccc4c(c3)oc3cc(-n5c6ccc(-c7ccccc7)cc6c6c7ccccc7ccc65)ccc34)=NC(c3ccccc3)N2)cc1. The van der Waals surface area contributed by atoms with E-state index in [1.165, 1.54) is 32.7 Å². The van der Waals surface area contributed by atoms with Gasteiger partial charge < -0.3 is 14.3 Å². The molecule has 1 atom stereocenters. The van der Waals surface area contributed by atoms with E-state index in [1.807, 2.05) is 36.4 Å². The number of aliphatic imine (C=N–C) groups is 2. The molecular formula is C49H32N4O. The summed E-state index contributed by atoms with van der Waals surface area (Å²) in [7, 11) is 0. The molecule has 1 N–H and O–H groups in total. The summed E-state index contributed by atoms with van der Waals surface area (Å²) in [5.41, 5.74) is 10.4. The lowest BCUT2D eigenvalue weighted by Crippen LogP contribution is -2.33. The second-order valence-corrected chi connectivity index (χ2v) is 13.8. The first-order valence-electron chi connectivity index (χ1n) is 18.3. The van der Waals surface area contributed by atoms with Gasteiger partial charge in [-0.15, -0.1) is 0 Å². The summed E-state index contributed by atoms with van der Waals surface area (Å²) >= 11 is 0. The van der Waals surface area contributed by atoms with Gasteiger partial charge in [-0.1, -0.05) is 133 Å². The number of nitrogens with zero attached hydrogens (tertiary/aromatic N) is 3. The minimum Gasteiger partial charge on any atom is -0.456 e. The van der Waals surface area contributed by atoms with Crippen LogP contribution in [0.1, 0.15) is 22.9 Å². The molecule has 5 nitrogen and oxygen atoms in total. The lowest BCUT2D eigenvalue weighted by molar-refractivity contribution is 0.667. The molecule has 10 aromatic rings. The van der Waals surface area contributed by atoms with Crippen LogP contribution in [0, 0.1) is 0 Å². The van der Waals surface area contributed by atoms with Crippen LogP contribution in [0.25, 0.3) is 71.3 Å². The molecule has 1 aliphatic heterocycles. The van der Waals surface area contributed by atoms with Crippen molar-refractivity contribution in [1.29, 1.82) is 0 Å². The standard InChI is InChI=1S/C49H32N4O/c1-4-12-31(13-5-1)35-22-26-42-41(28-35)46-38-19-11-10-14-32(38)21-27-43(46)53(42)37-23-25-40-39-24-20-36(29-44(39)54-45(40)30-37)49-51-47(33-15-6-2-7-16-33)50-48(52-49)34-17-8-3-9-18-34/h1-30,47H,(H,50,51,52). The Labute approximate surface area is 311 Å². The molecule has 2 aromatic heterocycles. The van der Waals surface area contributed by atoms with Crippen LogP contribution in [0.15, 0.2) is 196 Å². The summed E-state index contributed by atoms with van der Waals surface area (Å²) in [5, 5.41) is 10.6. The van der Waals surface area contributed by atoms with Crippen LogP contribution in [-0.2, 0) is 0 Å². The quantitative estimate of drug-likeness (QED) is 0.195. The van der Waals surface area contributed by atoms with Gasteiger partial charge in [-0.25, -0.2) is 9.98 Å². The first-order chi connectivity index (χ1) is 26.7. The molecule has 0 spiro atoms. The van der Waals surface area contributed by atoms with Gasteiger partial charge in [0, 0.05) is 44.4 Å². The highest BCUT2D eigenvalue weighted by atomic mass is 16.3. The number of amidine groups is 2.